The van der Waals surface area contributed by atoms with Crippen molar-refractivity contribution >= 4 is 22.5 Å². The minimum absolute atomic E-state index is 0.761. The Bertz CT molecular complexity index is 1060. The normalized spacial score (nSPS) is 11.2. The van der Waals surface area contributed by atoms with Gasteiger partial charge in [0.05, 0.1) is 0 Å². The third-order valence-electron chi connectivity index (χ3n) is 5.06. The molecule has 0 aliphatic rings. The minimum Gasteiger partial charge on any atom is -0.343 e. The van der Waals surface area contributed by atoms with Gasteiger partial charge in [0.25, 0.3) is 0 Å². The number of rotatable bonds is 6. The number of aryl methyl sites for hydroxylation is 1. The van der Waals surface area contributed by atoms with Crippen molar-refractivity contribution in [2.75, 3.05) is 0 Å². The second-order valence-electron chi connectivity index (χ2n) is 6.92. The van der Waals surface area contributed by atoms with E-state index in [1.807, 2.05) is 18.2 Å². The highest BCUT2D eigenvalue weighted by molar-refractivity contribution is 6.31. The van der Waals surface area contributed by atoms with E-state index in [9.17, 15) is 0 Å². The van der Waals surface area contributed by atoms with Crippen LogP contribution < -0.4 is 5.32 Å². The van der Waals surface area contributed by atoms with Gasteiger partial charge < -0.3 is 9.88 Å². The molecular weight excluding hydrogens is 352 g/mol. The summed E-state index contributed by atoms with van der Waals surface area (Å²) in [5.74, 6) is 0. The lowest BCUT2D eigenvalue weighted by atomic mass is 10.1. The van der Waals surface area contributed by atoms with Crippen LogP contribution in [0, 0.1) is 6.92 Å². The zero-order valence-electron chi connectivity index (χ0n) is 15.5. The van der Waals surface area contributed by atoms with Gasteiger partial charge >= 0.3 is 0 Å². The predicted molar refractivity (Wildman–Crippen MR) is 114 cm³/mol. The number of nitrogens with one attached hydrogen (secondary N) is 1. The van der Waals surface area contributed by atoms with E-state index in [4.69, 9.17) is 11.6 Å². The Labute approximate surface area is 165 Å². The molecule has 0 atom stereocenters. The van der Waals surface area contributed by atoms with Gasteiger partial charge in [-0.05, 0) is 41.3 Å². The first-order valence-electron chi connectivity index (χ1n) is 9.28. The largest absolute Gasteiger partial charge is 0.343 e. The van der Waals surface area contributed by atoms with Gasteiger partial charge in [-0.15, -0.1) is 0 Å². The maximum atomic E-state index is 6.27. The predicted octanol–water partition coefficient (Wildman–Crippen LogP) is 5.94. The van der Waals surface area contributed by atoms with Crippen LogP contribution in [0.4, 0.5) is 0 Å². The number of aromatic nitrogens is 1. The van der Waals surface area contributed by atoms with Crippen LogP contribution in [0.3, 0.4) is 0 Å². The number of hydrogen-bond acceptors (Lipinski definition) is 1. The van der Waals surface area contributed by atoms with Crippen molar-refractivity contribution in [3.8, 4) is 0 Å². The van der Waals surface area contributed by atoms with Crippen molar-refractivity contribution in [3.05, 3.63) is 106 Å². The Kier molecular flexibility index (Phi) is 5.28. The van der Waals surface area contributed by atoms with Gasteiger partial charge in [0, 0.05) is 41.8 Å². The summed E-state index contributed by atoms with van der Waals surface area (Å²) in [6.07, 6.45) is 2.27. The summed E-state index contributed by atoms with van der Waals surface area (Å²) in [5.41, 5.74) is 6.40. The van der Waals surface area contributed by atoms with E-state index >= 15 is 0 Å². The van der Waals surface area contributed by atoms with E-state index in [2.05, 4.69) is 77.6 Å². The zero-order valence-corrected chi connectivity index (χ0v) is 16.2. The van der Waals surface area contributed by atoms with Crippen LogP contribution >= 0.6 is 11.6 Å². The molecular formula is C24H23ClN2. The van der Waals surface area contributed by atoms with E-state index in [0.29, 0.717) is 0 Å². The molecule has 0 bridgehead atoms. The first-order chi connectivity index (χ1) is 13.2. The van der Waals surface area contributed by atoms with E-state index < -0.39 is 0 Å². The maximum absolute atomic E-state index is 6.27. The smallest absolute Gasteiger partial charge is 0.0486 e. The highest BCUT2D eigenvalue weighted by Gasteiger charge is 2.09. The van der Waals surface area contributed by atoms with Gasteiger partial charge in [-0.2, -0.15) is 0 Å². The molecule has 1 N–H and O–H groups in total. The van der Waals surface area contributed by atoms with Gasteiger partial charge in [0.15, 0.2) is 0 Å². The SMILES string of the molecule is Cc1ccccc1Cn1cc(CNCc2ccccc2Cl)c2ccccc21. The van der Waals surface area contributed by atoms with E-state index in [1.165, 1.54) is 27.6 Å². The second-order valence-corrected chi connectivity index (χ2v) is 7.33. The van der Waals surface area contributed by atoms with Gasteiger partial charge in [-0.25, -0.2) is 0 Å². The summed E-state index contributed by atoms with van der Waals surface area (Å²) >= 11 is 6.27. The van der Waals surface area contributed by atoms with E-state index in [0.717, 1.165) is 30.2 Å². The second kappa shape index (κ2) is 7.99. The van der Waals surface area contributed by atoms with Gasteiger partial charge in [0.1, 0.15) is 0 Å². The van der Waals surface area contributed by atoms with Crippen LogP contribution in [-0.4, -0.2) is 4.57 Å². The summed E-state index contributed by atoms with van der Waals surface area (Å²) in [4.78, 5) is 0. The van der Waals surface area contributed by atoms with Crippen molar-refractivity contribution in [3.63, 3.8) is 0 Å². The standard InChI is InChI=1S/C24H23ClN2/c1-18-8-2-3-10-20(18)16-27-17-21(22-11-5-7-13-24(22)27)15-26-14-19-9-4-6-12-23(19)25/h2-13,17,26H,14-16H2,1H3. The molecule has 4 aromatic rings. The van der Waals surface area contributed by atoms with Crippen molar-refractivity contribution in [2.24, 2.45) is 0 Å². The monoisotopic (exact) mass is 374 g/mol. The highest BCUT2D eigenvalue weighted by atomic mass is 35.5. The number of hydrogen-bond donors (Lipinski definition) is 1. The summed E-state index contributed by atoms with van der Waals surface area (Å²) in [5, 5.41) is 5.66. The Balaban J connectivity index is 1.56. The van der Waals surface area contributed by atoms with Crippen LogP contribution in [0.5, 0.6) is 0 Å². The molecule has 0 fully saturated rings. The van der Waals surface area contributed by atoms with Crippen molar-refractivity contribution in [1.29, 1.82) is 0 Å². The third-order valence-corrected chi connectivity index (χ3v) is 5.43. The molecule has 4 rings (SSSR count). The van der Waals surface area contributed by atoms with Crippen LogP contribution in [-0.2, 0) is 19.6 Å². The lowest BCUT2D eigenvalue weighted by molar-refractivity contribution is 0.692. The Morgan fingerprint density at radius 3 is 2.26 bits per heavy atom. The highest BCUT2D eigenvalue weighted by Crippen LogP contribution is 2.23. The molecule has 0 aliphatic carbocycles. The molecule has 3 heteroatoms. The Hall–Kier alpha value is -2.55. The van der Waals surface area contributed by atoms with Crippen LogP contribution in [0.1, 0.15) is 22.3 Å². The van der Waals surface area contributed by atoms with E-state index in [1.54, 1.807) is 0 Å². The summed E-state index contributed by atoms with van der Waals surface area (Å²) in [6, 6.07) is 25.2. The number of para-hydroxylation sites is 1. The molecule has 1 heterocycles. The van der Waals surface area contributed by atoms with Crippen molar-refractivity contribution in [1.82, 2.24) is 9.88 Å². The maximum Gasteiger partial charge on any atom is 0.0486 e. The van der Waals surface area contributed by atoms with Crippen LogP contribution in [0.2, 0.25) is 5.02 Å². The Morgan fingerprint density at radius 2 is 1.44 bits per heavy atom. The fourth-order valence-electron chi connectivity index (χ4n) is 3.54. The molecule has 27 heavy (non-hydrogen) atoms. The molecule has 0 saturated carbocycles. The quantitative estimate of drug-likeness (QED) is 0.441. The molecule has 0 radical (unpaired) electrons. The zero-order chi connectivity index (χ0) is 18.6. The number of fused-ring (bicyclic) bond motifs is 1. The Morgan fingerprint density at radius 1 is 0.778 bits per heavy atom. The van der Waals surface area contributed by atoms with Crippen molar-refractivity contribution < 1.29 is 0 Å². The summed E-state index contributed by atoms with van der Waals surface area (Å²) in [6.45, 7) is 4.63. The van der Waals surface area contributed by atoms with E-state index in [-0.39, 0.29) is 0 Å². The molecule has 0 amide bonds. The number of halogens is 1. The topological polar surface area (TPSA) is 17.0 Å². The fourth-order valence-corrected chi connectivity index (χ4v) is 3.74. The van der Waals surface area contributed by atoms with Gasteiger partial charge in [0.2, 0.25) is 0 Å². The summed E-state index contributed by atoms with van der Waals surface area (Å²) < 4.78 is 2.35. The number of nitrogens with zero attached hydrogens (tertiary/aromatic N) is 1. The fraction of sp³-hybridized carbons (Fsp3) is 0.167. The first-order valence-corrected chi connectivity index (χ1v) is 9.65. The third kappa shape index (κ3) is 3.92. The molecule has 136 valence electrons. The molecule has 0 aliphatic heterocycles. The van der Waals surface area contributed by atoms with Crippen LogP contribution in [0.15, 0.2) is 79.0 Å². The van der Waals surface area contributed by atoms with Gasteiger partial charge in [-0.1, -0.05) is 72.3 Å². The lowest BCUT2D eigenvalue weighted by Gasteiger charge is -2.08. The summed E-state index contributed by atoms with van der Waals surface area (Å²) in [7, 11) is 0. The minimum atomic E-state index is 0.761. The molecule has 0 saturated heterocycles. The molecule has 3 aromatic carbocycles. The average Bonchev–Trinajstić information content (AvgIpc) is 3.03. The van der Waals surface area contributed by atoms with Crippen molar-refractivity contribution in [2.45, 2.75) is 26.6 Å². The molecule has 0 unspecified atom stereocenters. The van der Waals surface area contributed by atoms with Crippen LogP contribution in [0.25, 0.3) is 10.9 Å². The molecule has 0 spiro atoms. The number of benzene rings is 3. The average molecular weight is 375 g/mol. The lowest BCUT2D eigenvalue weighted by Crippen LogP contribution is -2.12. The molecule has 2 nitrogen and oxygen atoms in total. The first kappa shape index (κ1) is 17.8. The molecule has 1 aromatic heterocycles. The van der Waals surface area contributed by atoms with Gasteiger partial charge in [-0.3, -0.25) is 0 Å².